The lowest BCUT2D eigenvalue weighted by Crippen LogP contribution is -2.41. The van der Waals surface area contributed by atoms with Gasteiger partial charge in [0, 0.05) is 18.2 Å². The summed E-state index contributed by atoms with van der Waals surface area (Å²) >= 11 is 0. The molecule has 128 valence electrons. The number of aromatic amines is 1. The Kier molecular flexibility index (Phi) is 4.45. The van der Waals surface area contributed by atoms with Crippen LogP contribution in [0.15, 0.2) is 30.3 Å². The molecule has 1 atom stereocenters. The van der Waals surface area contributed by atoms with Crippen molar-refractivity contribution in [1.82, 2.24) is 15.1 Å². The average molecular weight is 347 g/mol. The minimum absolute atomic E-state index is 0.0472. The van der Waals surface area contributed by atoms with Crippen LogP contribution in [0.1, 0.15) is 29.4 Å². The highest BCUT2D eigenvalue weighted by atomic mass is 32.2. The fourth-order valence-corrected chi connectivity index (χ4v) is 4.78. The monoisotopic (exact) mass is 347 g/mol. The van der Waals surface area contributed by atoms with E-state index in [1.165, 1.54) is 0 Å². The zero-order valence-corrected chi connectivity index (χ0v) is 14.6. The van der Waals surface area contributed by atoms with E-state index < -0.39 is 9.84 Å². The van der Waals surface area contributed by atoms with Crippen LogP contribution < -0.4 is 0 Å². The molecule has 1 aliphatic heterocycles. The summed E-state index contributed by atoms with van der Waals surface area (Å²) in [7, 11) is -3.03. The number of H-pyrrole nitrogens is 1. The number of amides is 1. The molecule has 7 heteroatoms. The van der Waals surface area contributed by atoms with Crippen molar-refractivity contribution in [3.05, 3.63) is 41.6 Å². The zero-order valence-electron chi connectivity index (χ0n) is 13.8. The molecule has 0 saturated carbocycles. The number of benzene rings is 1. The predicted molar refractivity (Wildman–Crippen MR) is 92.5 cm³/mol. The lowest BCUT2D eigenvalue weighted by Gasteiger charge is -2.26. The quantitative estimate of drug-likeness (QED) is 0.917. The van der Waals surface area contributed by atoms with Crippen LogP contribution in [0.5, 0.6) is 0 Å². The summed E-state index contributed by atoms with van der Waals surface area (Å²) in [5.41, 5.74) is 3.18. The van der Waals surface area contributed by atoms with E-state index in [0.29, 0.717) is 24.4 Å². The molecule has 1 aromatic heterocycles. The van der Waals surface area contributed by atoms with Gasteiger partial charge in [0.2, 0.25) is 0 Å². The van der Waals surface area contributed by atoms with E-state index in [-0.39, 0.29) is 23.5 Å². The molecular formula is C17H21N3O3S. The number of hydrogen-bond acceptors (Lipinski definition) is 4. The predicted octanol–water partition coefficient (Wildman–Crippen LogP) is 2.03. The number of nitrogens with zero attached hydrogens (tertiary/aromatic N) is 2. The molecule has 2 aromatic rings. The number of nitrogens with one attached hydrogen (secondary N) is 1. The third-order valence-corrected chi connectivity index (χ3v) is 6.16. The summed E-state index contributed by atoms with van der Waals surface area (Å²) < 4.78 is 23.4. The second kappa shape index (κ2) is 6.39. The van der Waals surface area contributed by atoms with Gasteiger partial charge >= 0.3 is 0 Å². The number of aromatic nitrogens is 2. The molecule has 3 rings (SSSR count). The number of carbonyl (C=O) groups is 1. The van der Waals surface area contributed by atoms with Crippen LogP contribution in [0.4, 0.5) is 0 Å². The molecule has 1 fully saturated rings. The van der Waals surface area contributed by atoms with Crippen molar-refractivity contribution in [3.63, 3.8) is 0 Å². The highest BCUT2D eigenvalue weighted by Crippen LogP contribution is 2.22. The summed E-state index contributed by atoms with van der Waals surface area (Å²) in [5.74, 6) is -0.00429. The first-order chi connectivity index (χ1) is 11.4. The van der Waals surface area contributed by atoms with Crippen molar-refractivity contribution < 1.29 is 13.2 Å². The average Bonchev–Trinajstić information content (AvgIpc) is 3.16. The Morgan fingerprint density at radius 2 is 2.04 bits per heavy atom. The first kappa shape index (κ1) is 16.7. The zero-order chi connectivity index (χ0) is 17.3. The third kappa shape index (κ3) is 3.36. The van der Waals surface area contributed by atoms with E-state index in [1.807, 2.05) is 38.1 Å². The summed E-state index contributed by atoms with van der Waals surface area (Å²) in [6.45, 7) is 4.34. The SMILES string of the molecule is CCN(C(=O)c1cc(-c2ccc(C)cc2)n[nH]1)C1CCS(=O)(=O)C1. The lowest BCUT2D eigenvalue weighted by atomic mass is 10.1. The number of hydrogen-bond donors (Lipinski definition) is 1. The highest BCUT2D eigenvalue weighted by molar-refractivity contribution is 7.91. The summed E-state index contributed by atoms with van der Waals surface area (Å²) in [5, 5.41) is 7.01. The Morgan fingerprint density at radius 3 is 2.62 bits per heavy atom. The minimum atomic E-state index is -3.03. The van der Waals surface area contributed by atoms with E-state index >= 15 is 0 Å². The molecule has 0 bridgehead atoms. The lowest BCUT2D eigenvalue weighted by molar-refractivity contribution is 0.0702. The van der Waals surface area contributed by atoms with Crippen LogP contribution in [0, 0.1) is 6.92 Å². The molecule has 0 aliphatic carbocycles. The molecule has 1 aliphatic rings. The van der Waals surface area contributed by atoms with Gasteiger partial charge in [0.05, 0.1) is 17.2 Å². The van der Waals surface area contributed by atoms with Gasteiger partial charge in [-0.2, -0.15) is 5.10 Å². The van der Waals surface area contributed by atoms with E-state index in [2.05, 4.69) is 10.2 Å². The Hall–Kier alpha value is -2.15. The van der Waals surface area contributed by atoms with Crippen LogP contribution >= 0.6 is 0 Å². The van der Waals surface area contributed by atoms with Crippen molar-refractivity contribution in [2.24, 2.45) is 0 Å². The van der Waals surface area contributed by atoms with Gasteiger partial charge in [-0.25, -0.2) is 8.42 Å². The maximum Gasteiger partial charge on any atom is 0.272 e. The maximum absolute atomic E-state index is 12.7. The molecular weight excluding hydrogens is 326 g/mol. The molecule has 0 radical (unpaired) electrons. The van der Waals surface area contributed by atoms with Crippen molar-refractivity contribution in [3.8, 4) is 11.3 Å². The van der Waals surface area contributed by atoms with Crippen molar-refractivity contribution >= 4 is 15.7 Å². The molecule has 0 spiro atoms. The molecule has 1 unspecified atom stereocenters. The van der Waals surface area contributed by atoms with E-state index in [0.717, 1.165) is 11.1 Å². The van der Waals surface area contributed by atoms with Gasteiger partial charge in [0.25, 0.3) is 5.91 Å². The van der Waals surface area contributed by atoms with Crippen molar-refractivity contribution in [1.29, 1.82) is 0 Å². The second-order valence-corrected chi connectivity index (χ2v) is 8.41. The Balaban J connectivity index is 1.80. The van der Waals surface area contributed by atoms with Crippen LogP contribution in [0.2, 0.25) is 0 Å². The van der Waals surface area contributed by atoms with Crippen LogP contribution in [-0.2, 0) is 9.84 Å². The fraction of sp³-hybridized carbons (Fsp3) is 0.412. The third-order valence-electron chi connectivity index (χ3n) is 4.41. The van der Waals surface area contributed by atoms with Gasteiger partial charge in [-0.3, -0.25) is 9.89 Å². The van der Waals surface area contributed by atoms with Gasteiger partial charge in [-0.15, -0.1) is 0 Å². The van der Waals surface area contributed by atoms with Crippen LogP contribution in [0.3, 0.4) is 0 Å². The molecule has 24 heavy (non-hydrogen) atoms. The maximum atomic E-state index is 12.7. The van der Waals surface area contributed by atoms with Crippen molar-refractivity contribution in [2.45, 2.75) is 26.3 Å². The van der Waals surface area contributed by atoms with E-state index in [1.54, 1.807) is 11.0 Å². The fourth-order valence-electron chi connectivity index (χ4n) is 3.05. The van der Waals surface area contributed by atoms with Gasteiger partial charge in [0.1, 0.15) is 5.69 Å². The second-order valence-electron chi connectivity index (χ2n) is 6.18. The topological polar surface area (TPSA) is 83.1 Å². The highest BCUT2D eigenvalue weighted by Gasteiger charge is 2.34. The summed E-state index contributed by atoms with van der Waals surface area (Å²) in [6, 6.07) is 9.38. The Labute approximate surface area is 141 Å². The molecule has 1 saturated heterocycles. The molecule has 1 aromatic carbocycles. The Morgan fingerprint density at radius 1 is 1.33 bits per heavy atom. The number of carbonyl (C=O) groups excluding carboxylic acids is 1. The molecule has 1 N–H and O–H groups in total. The summed E-state index contributed by atoms with van der Waals surface area (Å²) in [6.07, 6.45) is 0.501. The Bertz CT molecular complexity index is 840. The van der Waals surface area contributed by atoms with Gasteiger partial charge in [-0.1, -0.05) is 29.8 Å². The minimum Gasteiger partial charge on any atom is -0.334 e. The molecule has 2 heterocycles. The van der Waals surface area contributed by atoms with Gasteiger partial charge < -0.3 is 4.90 Å². The standard InChI is InChI=1S/C17H21N3O3S/c1-3-20(14-8-9-24(22,23)11-14)17(21)16-10-15(18-19-16)13-6-4-12(2)5-7-13/h4-7,10,14H,3,8-9,11H2,1-2H3,(H,18,19). The molecule has 1 amide bonds. The van der Waals surface area contributed by atoms with E-state index in [9.17, 15) is 13.2 Å². The first-order valence-corrected chi connectivity index (χ1v) is 9.85. The normalized spacial score (nSPS) is 19.3. The van der Waals surface area contributed by atoms with Crippen molar-refractivity contribution in [2.75, 3.05) is 18.1 Å². The number of aryl methyl sites for hydroxylation is 1. The largest absolute Gasteiger partial charge is 0.334 e. The number of sulfone groups is 1. The van der Waals surface area contributed by atoms with Crippen LogP contribution in [-0.4, -0.2) is 53.5 Å². The summed E-state index contributed by atoms with van der Waals surface area (Å²) in [4.78, 5) is 14.4. The van der Waals surface area contributed by atoms with E-state index in [4.69, 9.17) is 0 Å². The number of rotatable bonds is 4. The first-order valence-electron chi connectivity index (χ1n) is 8.03. The smallest absolute Gasteiger partial charge is 0.272 e. The van der Waals surface area contributed by atoms with Gasteiger partial charge in [0.15, 0.2) is 9.84 Å². The van der Waals surface area contributed by atoms with Gasteiger partial charge in [-0.05, 0) is 26.3 Å². The molecule has 6 nitrogen and oxygen atoms in total. The van der Waals surface area contributed by atoms with Crippen LogP contribution in [0.25, 0.3) is 11.3 Å².